The second kappa shape index (κ2) is 9.41. The molecule has 0 aromatic heterocycles. The van der Waals surface area contributed by atoms with Crippen molar-refractivity contribution in [1.82, 2.24) is 10.2 Å². The highest BCUT2D eigenvalue weighted by atomic mass is 16.5. The van der Waals surface area contributed by atoms with Crippen LogP contribution in [0.25, 0.3) is 0 Å². The first-order valence-corrected chi connectivity index (χ1v) is 11.6. The van der Waals surface area contributed by atoms with Crippen molar-refractivity contribution in [3.05, 3.63) is 33.9 Å². The number of methoxy groups -OCH3 is 2. The van der Waals surface area contributed by atoms with Crippen LogP contribution in [0, 0.1) is 11.3 Å². The summed E-state index contributed by atoms with van der Waals surface area (Å²) in [5.74, 6) is 0.00361. The molecule has 1 N–H and O–H groups in total. The average molecular weight is 456 g/mol. The highest BCUT2D eigenvalue weighted by molar-refractivity contribution is 5.80. The number of ether oxygens (including phenoxy) is 3. The maximum absolute atomic E-state index is 13.2. The summed E-state index contributed by atoms with van der Waals surface area (Å²) in [6.45, 7) is 5.88. The largest absolute Gasteiger partial charge is 0.468 e. The molecule has 1 aromatic rings. The molecule has 0 radical (unpaired) electrons. The second-order valence-corrected chi connectivity index (χ2v) is 9.80. The Hall–Kier alpha value is -2.47. The normalized spacial score (nSPS) is 22.8. The Bertz CT molecular complexity index is 979. The number of carbonyl (C=O) groups excluding carboxylic acids is 2. The number of esters is 1. The van der Waals surface area contributed by atoms with Gasteiger partial charge in [0.1, 0.15) is 6.04 Å². The van der Waals surface area contributed by atoms with Gasteiger partial charge in [-0.1, -0.05) is 6.07 Å². The van der Waals surface area contributed by atoms with E-state index in [1.165, 1.54) is 12.7 Å². The van der Waals surface area contributed by atoms with Crippen molar-refractivity contribution in [1.29, 1.82) is 5.26 Å². The zero-order chi connectivity index (χ0) is 23.8. The van der Waals surface area contributed by atoms with Gasteiger partial charge in [-0.2, -0.15) is 5.26 Å². The van der Waals surface area contributed by atoms with Crippen molar-refractivity contribution in [3.63, 3.8) is 0 Å². The summed E-state index contributed by atoms with van der Waals surface area (Å²) >= 11 is 0. The van der Waals surface area contributed by atoms with E-state index < -0.39 is 12.1 Å². The van der Waals surface area contributed by atoms with Crippen LogP contribution in [0.4, 0.5) is 0 Å². The quantitative estimate of drug-likeness (QED) is 0.657. The van der Waals surface area contributed by atoms with Crippen LogP contribution in [0.2, 0.25) is 0 Å². The van der Waals surface area contributed by atoms with Crippen molar-refractivity contribution in [2.45, 2.75) is 69.8 Å². The molecule has 2 unspecified atom stereocenters. The van der Waals surface area contributed by atoms with Gasteiger partial charge in [-0.15, -0.1) is 0 Å². The Kier molecular flexibility index (Phi) is 6.76. The molecule has 0 spiro atoms. The average Bonchev–Trinajstić information content (AvgIpc) is 3.65. The predicted octanol–water partition coefficient (Wildman–Crippen LogP) is 2.34. The first kappa shape index (κ1) is 23.7. The van der Waals surface area contributed by atoms with Gasteiger partial charge in [0, 0.05) is 33.2 Å². The smallest absolute Gasteiger partial charge is 0.324 e. The number of nitrogens with zero attached hydrogens (tertiary/aromatic N) is 2. The number of nitrogens with one attached hydrogen (secondary N) is 1. The standard InChI is InChI=1S/C25H33N3O5/c1-25(2)11-18-19(12-26)17(9-16(15-5-6-15)20(18)14-33-25)22(31-3)10-23(29)28-8-7-27-21(13-28)24(30)32-4/h9,15,21-22,27H,5-8,10-11,13-14H2,1-4H3. The summed E-state index contributed by atoms with van der Waals surface area (Å²) in [4.78, 5) is 26.8. The Labute approximate surface area is 195 Å². The van der Waals surface area contributed by atoms with Crippen LogP contribution in [0.15, 0.2) is 6.07 Å². The second-order valence-electron chi connectivity index (χ2n) is 9.80. The minimum absolute atomic E-state index is 0.101. The fourth-order valence-corrected chi connectivity index (χ4v) is 4.97. The van der Waals surface area contributed by atoms with E-state index in [2.05, 4.69) is 17.5 Å². The minimum Gasteiger partial charge on any atom is -0.468 e. The van der Waals surface area contributed by atoms with Crippen molar-refractivity contribution in [2.75, 3.05) is 33.9 Å². The van der Waals surface area contributed by atoms with E-state index >= 15 is 0 Å². The fourth-order valence-electron chi connectivity index (χ4n) is 4.97. The molecule has 2 heterocycles. The summed E-state index contributed by atoms with van der Waals surface area (Å²) in [6, 6.07) is 3.96. The summed E-state index contributed by atoms with van der Waals surface area (Å²) < 4.78 is 16.7. The van der Waals surface area contributed by atoms with Crippen LogP contribution in [0.1, 0.15) is 72.9 Å². The number of fused-ring (bicyclic) bond motifs is 1. The molecule has 3 aliphatic rings. The van der Waals surface area contributed by atoms with Gasteiger partial charge in [-0.3, -0.25) is 9.59 Å². The summed E-state index contributed by atoms with van der Waals surface area (Å²) in [5.41, 5.74) is 4.46. The molecule has 2 aliphatic heterocycles. The number of amides is 1. The maximum Gasteiger partial charge on any atom is 0.324 e. The van der Waals surface area contributed by atoms with E-state index in [9.17, 15) is 14.9 Å². The number of rotatable bonds is 6. The van der Waals surface area contributed by atoms with E-state index in [0.29, 0.717) is 37.6 Å². The molecule has 1 aliphatic carbocycles. The molecular formula is C25H33N3O5. The van der Waals surface area contributed by atoms with Crippen LogP contribution in [0.3, 0.4) is 0 Å². The Morgan fingerprint density at radius 3 is 2.73 bits per heavy atom. The van der Waals surface area contributed by atoms with E-state index in [4.69, 9.17) is 14.2 Å². The van der Waals surface area contributed by atoms with Crippen molar-refractivity contribution < 1.29 is 23.8 Å². The van der Waals surface area contributed by atoms with Gasteiger partial charge in [-0.25, -0.2) is 0 Å². The number of hydrogen-bond acceptors (Lipinski definition) is 7. The lowest BCUT2D eigenvalue weighted by atomic mass is 9.81. The lowest BCUT2D eigenvalue weighted by Crippen LogP contribution is -2.56. The van der Waals surface area contributed by atoms with Crippen LogP contribution in [-0.2, 0) is 36.8 Å². The molecule has 8 heteroatoms. The first-order valence-electron chi connectivity index (χ1n) is 11.6. The molecule has 4 rings (SSSR count). The molecule has 1 amide bonds. The molecule has 2 fully saturated rings. The molecule has 178 valence electrons. The number of nitriles is 1. The SMILES string of the molecule is COC(=O)C1CN(C(=O)CC(OC)c2cc(C3CC3)c3c(c2C#N)CC(C)(C)OC3)CCN1. The van der Waals surface area contributed by atoms with Crippen molar-refractivity contribution in [2.24, 2.45) is 0 Å². The van der Waals surface area contributed by atoms with Gasteiger partial charge in [0.05, 0.1) is 43.5 Å². The highest BCUT2D eigenvalue weighted by Crippen LogP contribution is 2.47. The molecule has 2 atom stereocenters. The molecule has 0 bridgehead atoms. The van der Waals surface area contributed by atoms with Gasteiger partial charge >= 0.3 is 5.97 Å². The van der Waals surface area contributed by atoms with Crippen LogP contribution < -0.4 is 5.32 Å². The zero-order valence-electron chi connectivity index (χ0n) is 19.9. The third-order valence-electron chi connectivity index (χ3n) is 6.96. The summed E-state index contributed by atoms with van der Waals surface area (Å²) in [6.07, 6.45) is 2.50. The molecule has 8 nitrogen and oxygen atoms in total. The van der Waals surface area contributed by atoms with Gasteiger partial charge in [0.15, 0.2) is 0 Å². The summed E-state index contributed by atoms with van der Waals surface area (Å²) in [7, 11) is 2.92. The van der Waals surface area contributed by atoms with Gasteiger partial charge in [0.25, 0.3) is 0 Å². The van der Waals surface area contributed by atoms with Crippen molar-refractivity contribution >= 4 is 11.9 Å². The lowest BCUT2D eigenvalue weighted by molar-refractivity contribution is -0.146. The molecule has 33 heavy (non-hydrogen) atoms. The maximum atomic E-state index is 13.2. The molecular weight excluding hydrogens is 422 g/mol. The van der Waals surface area contributed by atoms with Gasteiger partial charge in [-0.05, 0) is 54.9 Å². The Balaban J connectivity index is 1.63. The monoisotopic (exact) mass is 455 g/mol. The minimum atomic E-state index is -0.535. The van der Waals surface area contributed by atoms with Crippen LogP contribution in [0.5, 0.6) is 0 Å². The number of carbonyl (C=O) groups is 2. The Morgan fingerprint density at radius 2 is 2.09 bits per heavy atom. The molecule has 1 aromatic carbocycles. The predicted molar refractivity (Wildman–Crippen MR) is 120 cm³/mol. The lowest BCUT2D eigenvalue weighted by Gasteiger charge is -2.35. The highest BCUT2D eigenvalue weighted by Gasteiger charge is 2.37. The zero-order valence-corrected chi connectivity index (χ0v) is 19.9. The Morgan fingerprint density at radius 1 is 1.33 bits per heavy atom. The number of piperazine rings is 1. The number of hydrogen-bond donors (Lipinski definition) is 1. The van der Waals surface area contributed by atoms with E-state index in [-0.39, 0.29) is 30.4 Å². The van der Waals surface area contributed by atoms with Gasteiger partial charge < -0.3 is 24.4 Å². The first-order chi connectivity index (χ1) is 15.8. The number of benzene rings is 1. The van der Waals surface area contributed by atoms with E-state index in [1.54, 1.807) is 12.0 Å². The van der Waals surface area contributed by atoms with E-state index in [0.717, 1.165) is 29.5 Å². The van der Waals surface area contributed by atoms with Crippen LogP contribution in [-0.4, -0.2) is 62.3 Å². The van der Waals surface area contributed by atoms with E-state index in [1.807, 2.05) is 13.8 Å². The van der Waals surface area contributed by atoms with Crippen LogP contribution >= 0.6 is 0 Å². The molecule has 1 saturated heterocycles. The fraction of sp³-hybridized carbons (Fsp3) is 0.640. The summed E-state index contributed by atoms with van der Waals surface area (Å²) in [5, 5.41) is 13.2. The third kappa shape index (κ3) is 4.91. The molecule has 1 saturated carbocycles. The topological polar surface area (TPSA) is 101 Å². The van der Waals surface area contributed by atoms with Crippen molar-refractivity contribution in [3.8, 4) is 6.07 Å². The third-order valence-corrected chi connectivity index (χ3v) is 6.96. The van der Waals surface area contributed by atoms with Gasteiger partial charge in [0.2, 0.25) is 5.91 Å².